The Hall–Kier alpha value is -2.42. The predicted octanol–water partition coefficient (Wildman–Crippen LogP) is 3.88. The first-order chi connectivity index (χ1) is 11.4. The Morgan fingerprint density at radius 2 is 1.33 bits per heavy atom. The van der Waals surface area contributed by atoms with Gasteiger partial charge in [0.2, 0.25) is 0 Å². The van der Waals surface area contributed by atoms with Gasteiger partial charge < -0.3 is 0 Å². The number of rotatable bonds is 4. The van der Waals surface area contributed by atoms with E-state index >= 15 is 0 Å². The first kappa shape index (κ1) is 16.4. The van der Waals surface area contributed by atoms with E-state index in [0.29, 0.717) is 12.8 Å². The molecule has 0 aromatic heterocycles. The van der Waals surface area contributed by atoms with Gasteiger partial charge in [-0.2, -0.15) is 0 Å². The van der Waals surface area contributed by atoms with Crippen molar-refractivity contribution < 1.29 is 4.79 Å². The normalized spacial score (nSPS) is 16.6. The molecule has 2 aromatic rings. The SMILES string of the molecule is CC(C)(C)N1C=NC(Cc2ccccc2)(Cc2ccccc2)C1=O. The molecule has 1 amide bonds. The smallest absolute Gasteiger partial charge is 0.256 e. The van der Waals surface area contributed by atoms with E-state index in [1.165, 1.54) is 0 Å². The Morgan fingerprint density at radius 3 is 1.71 bits per heavy atom. The highest BCUT2D eigenvalue weighted by molar-refractivity contribution is 6.01. The molecule has 3 heteroatoms. The van der Waals surface area contributed by atoms with Crippen molar-refractivity contribution in [1.82, 2.24) is 4.90 Å². The van der Waals surface area contributed by atoms with E-state index in [1.54, 1.807) is 11.2 Å². The van der Waals surface area contributed by atoms with E-state index < -0.39 is 5.54 Å². The van der Waals surface area contributed by atoms with Crippen LogP contribution in [0.4, 0.5) is 0 Å². The minimum absolute atomic E-state index is 0.0858. The summed E-state index contributed by atoms with van der Waals surface area (Å²) in [6.45, 7) is 6.12. The lowest BCUT2D eigenvalue weighted by molar-refractivity contribution is -0.134. The van der Waals surface area contributed by atoms with Crippen LogP contribution in [-0.4, -0.2) is 28.2 Å². The van der Waals surface area contributed by atoms with Gasteiger partial charge in [0, 0.05) is 18.4 Å². The number of hydrogen-bond donors (Lipinski definition) is 0. The average molecular weight is 320 g/mol. The van der Waals surface area contributed by atoms with Crippen molar-refractivity contribution in [1.29, 1.82) is 0 Å². The van der Waals surface area contributed by atoms with Crippen LogP contribution >= 0.6 is 0 Å². The van der Waals surface area contributed by atoms with Gasteiger partial charge in [0.05, 0.1) is 6.34 Å². The van der Waals surface area contributed by atoms with E-state index in [4.69, 9.17) is 4.99 Å². The van der Waals surface area contributed by atoms with Crippen molar-refractivity contribution in [3.8, 4) is 0 Å². The minimum Gasteiger partial charge on any atom is -0.296 e. The molecule has 3 nitrogen and oxygen atoms in total. The number of benzene rings is 2. The summed E-state index contributed by atoms with van der Waals surface area (Å²) in [5, 5.41) is 0. The molecule has 0 bridgehead atoms. The van der Waals surface area contributed by atoms with Gasteiger partial charge in [-0.25, -0.2) is 0 Å². The Bertz CT molecular complexity index is 688. The summed E-state index contributed by atoms with van der Waals surface area (Å²) in [4.78, 5) is 19.8. The predicted molar refractivity (Wildman–Crippen MR) is 98.1 cm³/mol. The third-order valence-corrected chi connectivity index (χ3v) is 4.44. The number of nitrogens with zero attached hydrogens (tertiary/aromatic N) is 2. The number of aliphatic imine (C=N–C) groups is 1. The highest BCUT2D eigenvalue weighted by Gasteiger charge is 2.47. The summed E-state index contributed by atoms with van der Waals surface area (Å²) in [5.74, 6) is 0.0858. The Kier molecular flexibility index (Phi) is 4.27. The standard InChI is InChI=1S/C21H24N2O/c1-20(2,3)23-16-22-21(19(23)24,14-17-10-6-4-7-11-17)15-18-12-8-5-9-13-18/h4-13,16H,14-15H2,1-3H3. The zero-order chi connectivity index (χ0) is 17.2. The maximum absolute atomic E-state index is 13.3. The first-order valence-electron chi connectivity index (χ1n) is 8.38. The molecule has 0 atom stereocenters. The highest BCUT2D eigenvalue weighted by atomic mass is 16.2. The number of amides is 1. The molecule has 124 valence electrons. The molecule has 1 aliphatic rings. The minimum atomic E-state index is -0.754. The maximum Gasteiger partial charge on any atom is 0.256 e. The average Bonchev–Trinajstić information content (AvgIpc) is 2.86. The number of hydrogen-bond acceptors (Lipinski definition) is 2. The lowest BCUT2D eigenvalue weighted by Crippen LogP contribution is -2.51. The summed E-state index contributed by atoms with van der Waals surface area (Å²) in [6.07, 6.45) is 2.96. The Balaban J connectivity index is 1.96. The van der Waals surface area contributed by atoms with Gasteiger partial charge in [-0.1, -0.05) is 60.7 Å². The molecule has 0 unspecified atom stereocenters. The molecule has 24 heavy (non-hydrogen) atoms. The summed E-state index contributed by atoms with van der Waals surface area (Å²) in [7, 11) is 0. The van der Waals surface area contributed by atoms with E-state index in [2.05, 4.69) is 24.3 Å². The summed E-state index contributed by atoms with van der Waals surface area (Å²) >= 11 is 0. The van der Waals surface area contributed by atoms with Crippen molar-refractivity contribution in [2.45, 2.75) is 44.7 Å². The Labute approximate surface area is 144 Å². The van der Waals surface area contributed by atoms with Crippen LogP contribution in [-0.2, 0) is 17.6 Å². The third kappa shape index (κ3) is 3.25. The summed E-state index contributed by atoms with van der Waals surface area (Å²) < 4.78 is 0. The van der Waals surface area contributed by atoms with Crippen LogP contribution in [0.3, 0.4) is 0 Å². The molecule has 0 aliphatic carbocycles. The Morgan fingerprint density at radius 1 is 0.875 bits per heavy atom. The van der Waals surface area contributed by atoms with E-state index in [0.717, 1.165) is 11.1 Å². The molecule has 0 saturated heterocycles. The van der Waals surface area contributed by atoms with Gasteiger partial charge in [-0.15, -0.1) is 0 Å². The van der Waals surface area contributed by atoms with Gasteiger partial charge in [0.25, 0.3) is 5.91 Å². The van der Waals surface area contributed by atoms with Crippen LogP contribution in [0.25, 0.3) is 0 Å². The first-order valence-corrected chi connectivity index (χ1v) is 8.38. The molecule has 0 saturated carbocycles. The van der Waals surface area contributed by atoms with Crippen molar-refractivity contribution in [2.75, 3.05) is 0 Å². The molecule has 1 aliphatic heterocycles. The summed E-state index contributed by atoms with van der Waals surface area (Å²) in [5.41, 5.74) is 1.25. The van der Waals surface area contributed by atoms with E-state index in [-0.39, 0.29) is 11.4 Å². The molecule has 0 spiro atoms. The van der Waals surface area contributed by atoms with Gasteiger partial charge in [0.15, 0.2) is 0 Å². The molecule has 3 rings (SSSR count). The fourth-order valence-corrected chi connectivity index (χ4v) is 3.15. The van der Waals surface area contributed by atoms with Crippen molar-refractivity contribution in [3.63, 3.8) is 0 Å². The van der Waals surface area contributed by atoms with Gasteiger partial charge >= 0.3 is 0 Å². The molecule has 0 fully saturated rings. The van der Waals surface area contributed by atoms with E-state index in [9.17, 15) is 4.79 Å². The fraction of sp³-hybridized carbons (Fsp3) is 0.333. The zero-order valence-corrected chi connectivity index (χ0v) is 14.6. The fourth-order valence-electron chi connectivity index (χ4n) is 3.15. The van der Waals surface area contributed by atoms with Crippen LogP contribution in [0.15, 0.2) is 65.7 Å². The quantitative estimate of drug-likeness (QED) is 0.841. The van der Waals surface area contributed by atoms with Crippen molar-refractivity contribution in [3.05, 3.63) is 71.8 Å². The second-order valence-corrected chi connectivity index (χ2v) is 7.45. The molecular formula is C21H24N2O. The van der Waals surface area contributed by atoms with Crippen LogP contribution in [0, 0.1) is 0 Å². The van der Waals surface area contributed by atoms with Crippen molar-refractivity contribution in [2.24, 2.45) is 4.99 Å². The van der Waals surface area contributed by atoms with Crippen LogP contribution in [0.2, 0.25) is 0 Å². The zero-order valence-electron chi connectivity index (χ0n) is 14.6. The number of carbonyl (C=O) groups excluding carboxylic acids is 1. The van der Waals surface area contributed by atoms with Crippen molar-refractivity contribution >= 4 is 12.2 Å². The van der Waals surface area contributed by atoms with Gasteiger partial charge in [-0.3, -0.25) is 14.7 Å². The molecule has 2 aromatic carbocycles. The van der Waals surface area contributed by atoms with Gasteiger partial charge in [-0.05, 0) is 31.9 Å². The molecule has 1 heterocycles. The second-order valence-electron chi connectivity index (χ2n) is 7.45. The molecule has 0 N–H and O–H groups in total. The van der Waals surface area contributed by atoms with Crippen LogP contribution in [0.5, 0.6) is 0 Å². The monoisotopic (exact) mass is 320 g/mol. The second kappa shape index (κ2) is 6.23. The van der Waals surface area contributed by atoms with Gasteiger partial charge in [0.1, 0.15) is 5.54 Å². The lowest BCUT2D eigenvalue weighted by Gasteiger charge is -2.33. The topological polar surface area (TPSA) is 32.7 Å². The third-order valence-electron chi connectivity index (χ3n) is 4.44. The van der Waals surface area contributed by atoms with Crippen LogP contribution in [0.1, 0.15) is 31.9 Å². The maximum atomic E-state index is 13.3. The largest absolute Gasteiger partial charge is 0.296 e. The summed E-state index contributed by atoms with van der Waals surface area (Å²) in [6, 6.07) is 20.3. The van der Waals surface area contributed by atoms with E-state index in [1.807, 2.05) is 57.2 Å². The lowest BCUT2D eigenvalue weighted by atomic mass is 9.84. The highest BCUT2D eigenvalue weighted by Crippen LogP contribution is 2.32. The van der Waals surface area contributed by atoms with Crippen LogP contribution < -0.4 is 0 Å². The molecule has 0 radical (unpaired) electrons. The molecular weight excluding hydrogens is 296 g/mol. The number of carbonyl (C=O) groups is 1.